The molecule has 15 heteroatoms. The molecule has 0 radical (unpaired) electrons. The zero-order valence-corrected chi connectivity index (χ0v) is 53.6. The van der Waals surface area contributed by atoms with Gasteiger partial charge in [0.1, 0.15) is 17.2 Å². The lowest BCUT2D eigenvalue weighted by atomic mass is 10.00. The second-order valence-corrected chi connectivity index (χ2v) is 25.0. The molecular formula is C70H92F2N12O. The number of benzene rings is 5. The molecule has 7 heterocycles. The van der Waals surface area contributed by atoms with Crippen molar-refractivity contribution in [3.63, 3.8) is 0 Å². The molecule has 85 heavy (non-hydrogen) atoms. The van der Waals surface area contributed by atoms with Gasteiger partial charge >= 0.3 is 0 Å². The van der Waals surface area contributed by atoms with E-state index in [-0.39, 0.29) is 5.54 Å². The molecule has 0 saturated carbocycles. The number of halogens is 2. The normalized spacial score (nSPS) is 13.3. The fourth-order valence-electron chi connectivity index (χ4n) is 9.84. The first-order chi connectivity index (χ1) is 40.3. The Kier molecular flexibility index (Phi) is 22.0. The number of aryl methyl sites for hydroxylation is 1. The maximum Gasteiger partial charge on any atom is 0.188 e. The fourth-order valence-corrected chi connectivity index (χ4v) is 9.84. The van der Waals surface area contributed by atoms with Crippen LogP contribution in [0.4, 0.5) is 8.78 Å². The van der Waals surface area contributed by atoms with Crippen molar-refractivity contribution < 1.29 is 13.2 Å². The van der Waals surface area contributed by atoms with Crippen molar-refractivity contribution >= 4 is 43.8 Å². The highest BCUT2D eigenvalue weighted by atomic mass is 19.1. The van der Waals surface area contributed by atoms with E-state index in [4.69, 9.17) is 4.42 Å². The first-order valence-electron chi connectivity index (χ1n) is 30.2. The maximum atomic E-state index is 13.0. The van der Waals surface area contributed by atoms with Crippen molar-refractivity contribution in [1.82, 2.24) is 59.0 Å². The smallest absolute Gasteiger partial charge is 0.188 e. The molecule has 452 valence electrons. The van der Waals surface area contributed by atoms with Gasteiger partial charge in [0.2, 0.25) is 0 Å². The monoisotopic (exact) mass is 1150 g/mol. The Morgan fingerprint density at radius 2 is 1.13 bits per heavy atom. The molecule has 2 atom stereocenters. The predicted molar refractivity (Wildman–Crippen MR) is 347 cm³/mol. The van der Waals surface area contributed by atoms with Crippen LogP contribution in [0.3, 0.4) is 0 Å². The average Bonchev–Trinajstić information content (AvgIpc) is 4.27. The molecule has 0 bridgehead atoms. The minimum absolute atomic E-state index is 0.0390. The van der Waals surface area contributed by atoms with E-state index in [0.29, 0.717) is 35.6 Å². The van der Waals surface area contributed by atoms with Crippen LogP contribution in [0.2, 0.25) is 0 Å². The van der Waals surface area contributed by atoms with E-state index >= 15 is 0 Å². The summed E-state index contributed by atoms with van der Waals surface area (Å²) in [5, 5.41) is 24.3. The van der Waals surface area contributed by atoms with Crippen LogP contribution in [-0.2, 0) is 18.6 Å². The molecule has 0 aliphatic carbocycles. The van der Waals surface area contributed by atoms with Crippen LogP contribution in [-0.4, -0.2) is 71.6 Å². The van der Waals surface area contributed by atoms with Gasteiger partial charge in [-0.05, 0) is 161 Å². The fraction of sp³-hybridized carbons (Fsp3) is 0.429. The SMILES string of the molecule is CC(C)c1cc[nH]c1-c1ccccc1.CC(C)c1ccc2cn(C(C)F)nc2c1.CC(C)c1ccc2cnn(C(C)(C)C)c2c1.CC(C)c1ccc2nn(C(C)F)cc2c1.CC(C)c1ccc2ocnc2c1.Cc1nnc2n1CCN(C(C)C)C2. The summed E-state index contributed by atoms with van der Waals surface area (Å²) in [4.78, 5) is 9.82. The van der Waals surface area contributed by atoms with E-state index < -0.39 is 12.6 Å². The number of oxazole rings is 1. The highest BCUT2D eigenvalue weighted by Gasteiger charge is 2.21. The molecule has 0 spiro atoms. The van der Waals surface area contributed by atoms with E-state index in [1.165, 1.54) is 79.6 Å². The Morgan fingerprint density at radius 1 is 0.565 bits per heavy atom. The minimum Gasteiger partial charge on any atom is -0.443 e. The Morgan fingerprint density at radius 3 is 1.73 bits per heavy atom. The van der Waals surface area contributed by atoms with Crippen LogP contribution in [0.25, 0.3) is 55.1 Å². The largest absolute Gasteiger partial charge is 0.443 e. The highest BCUT2D eigenvalue weighted by Crippen LogP contribution is 2.29. The van der Waals surface area contributed by atoms with Gasteiger partial charge in [-0.25, -0.2) is 23.1 Å². The Labute approximate surface area is 502 Å². The third-order valence-electron chi connectivity index (χ3n) is 15.2. The lowest BCUT2D eigenvalue weighted by Gasteiger charge is -2.30. The zero-order valence-electron chi connectivity index (χ0n) is 53.6. The molecule has 5 aromatic carbocycles. The Balaban J connectivity index is 0.000000146. The van der Waals surface area contributed by atoms with Crippen molar-refractivity contribution in [2.45, 2.75) is 191 Å². The molecule has 1 aliphatic rings. The van der Waals surface area contributed by atoms with Crippen molar-refractivity contribution in [3.05, 3.63) is 180 Å². The van der Waals surface area contributed by atoms with Gasteiger partial charge in [-0.3, -0.25) is 9.58 Å². The first-order valence-corrected chi connectivity index (χ1v) is 30.2. The summed E-state index contributed by atoms with van der Waals surface area (Å²) in [5.41, 5.74) is 13.9. The Hall–Kier alpha value is -7.78. The van der Waals surface area contributed by atoms with Gasteiger partial charge in [0.05, 0.1) is 34.8 Å². The number of hydrogen-bond acceptors (Lipinski definition) is 8. The molecule has 0 saturated heterocycles. The molecule has 1 N–H and O–H groups in total. The molecule has 1 aliphatic heterocycles. The number of H-pyrrole nitrogens is 1. The lowest BCUT2D eigenvalue weighted by Crippen LogP contribution is -2.38. The van der Waals surface area contributed by atoms with Crippen molar-refractivity contribution in [3.8, 4) is 11.3 Å². The van der Waals surface area contributed by atoms with Gasteiger partial charge < -0.3 is 14.0 Å². The number of aromatic nitrogens is 11. The second-order valence-electron chi connectivity index (χ2n) is 25.0. The highest BCUT2D eigenvalue weighted by molar-refractivity contribution is 5.81. The Bertz CT molecular complexity index is 3720. The number of fused-ring (bicyclic) bond motifs is 5. The number of rotatable bonds is 9. The topological polar surface area (TPSA) is 129 Å². The van der Waals surface area contributed by atoms with Gasteiger partial charge in [0, 0.05) is 59.6 Å². The van der Waals surface area contributed by atoms with E-state index in [1.807, 2.05) is 55.7 Å². The van der Waals surface area contributed by atoms with Crippen molar-refractivity contribution in [2.75, 3.05) is 6.54 Å². The van der Waals surface area contributed by atoms with Gasteiger partial charge in [0.25, 0.3) is 0 Å². The van der Waals surface area contributed by atoms with Crippen LogP contribution in [0.1, 0.15) is 199 Å². The van der Waals surface area contributed by atoms with E-state index in [0.717, 1.165) is 64.2 Å². The number of hydrogen-bond donors (Lipinski definition) is 1. The summed E-state index contributed by atoms with van der Waals surface area (Å²) in [6.45, 7) is 40.8. The maximum absolute atomic E-state index is 13.0. The molecule has 0 amide bonds. The van der Waals surface area contributed by atoms with E-state index in [1.54, 1.807) is 12.4 Å². The molecule has 2 unspecified atom stereocenters. The van der Waals surface area contributed by atoms with Gasteiger partial charge in [-0.1, -0.05) is 136 Å². The molecular weight excluding hydrogens is 1060 g/mol. The first kappa shape index (κ1) is 64.8. The van der Waals surface area contributed by atoms with Gasteiger partial charge in [-0.2, -0.15) is 15.3 Å². The standard InChI is InChI=1S/C14H20N2.C13H15N.2C12H15FN2.C10H11NO.C9H16N4/c1-10(2)11-6-7-12-9-15-16(13(12)8-11)14(3,4)5;1-10(2)12-8-9-14-13(12)11-6-4-3-5-7-11;1-8(2)10-4-5-12-11(6-10)7-15(14-12)9(3)13;1-8(2)10-4-5-11-7-15(9(3)13)14-12(11)6-10;1-7(2)8-3-4-10-9(5-8)11-6-12-10;1-7(2)12-4-5-13-8(3)10-11-9(13)6-12/h6-10H,1-5H3;3-10,14H,1-2H3;2*4-9H,1-3H3;3-7H,1-2H3;7H,4-6H2,1-3H3. The van der Waals surface area contributed by atoms with Crippen LogP contribution in [0, 0.1) is 6.92 Å². The summed E-state index contributed by atoms with van der Waals surface area (Å²) < 4.78 is 38.2. The molecule has 0 fully saturated rings. The van der Waals surface area contributed by atoms with Crippen LogP contribution < -0.4 is 0 Å². The molecule has 12 rings (SSSR count). The molecule has 11 aromatic rings. The quantitative estimate of drug-likeness (QED) is 0.151. The predicted octanol–water partition coefficient (Wildman–Crippen LogP) is 18.8. The summed E-state index contributed by atoms with van der Waals surface area (Å²) >= 11 is 0. The van der Waals surface area contributed by atoms with Gasteiger partial charge in [0.15, 0.2) is 24.6 Å². The van der Waals surface area contributed by atoms with Gasteiger partial charge in [-0.15, -0.1) is 10.2 Å². The summed E-state index contributed by atoms with van der Waals surface area (Å²) in [7, 11) is 0. The lowest BCUT2D eigenvalue weighted by molar-refractivity contribution is 0.172. The number of aromatic amines is 1. The van der Waals surface area contributed by atoms with Crippen molar-refractivity contribution in [1.29, 1.82) is 0 Å². The summed E-state index contributed by atoms with van der Waals surface area (Å²) in [6.07, 6.45) is 6.80. The third kappa shape index (κ3) is 17.0. The van der Waals surface area contributed by atoms with Crippen LogP contribution in [0.15, 0.2) is 145 Å². The van der Waals surface area contributed by atoms with Crippen LogP contribution in [0.5, 0.6) is 0 Å². The second kappa shape index (κ2) is 28.9. The number of alkyl halides is 2. The summed E-state index contributed by atoms with van der Waals surface area (Å²) in [5.74, 6) is 4.79. The number of nitrogens with zero attached hydrogens (tertiary/aromatic N) is 11. The third-order valence-corrected chi connectivity index (χ3v) is 15.2. The average molecular weight is 1160 g/mol. The van der Waals surface area contributed by atoms with E-state index in [2.05, 4.69) is 226 Å². The zero-order chi connectivity index (χ0) is 61.9. The van der Waals surface area contributed by atoms with Crippen molar-refractivity contribution in [2.24, 2.45) is 0 Å². The van der Waals surface area contributed by atoms with Crippen LogP contribution >= 0.6 is 0 Å². The molecule has 6 aromatic heterocycles. The number of nitrogens with one attached hydrogen (secondary N) is 1. The minimum atomic E-state index is -1.07. The molecule has 13 nitrogen and oxygen atoms in total. The summed E-state index contributed by atoms with van der Waals surface area (Å²) in [6, 6.07) is 38.1. The van der Waals surface area contributed by atoms with E-state index in [9.17, 15) is 8.78 Å².